The molecule has 5 nitrogen and oxygen atoms in total. The molecule has 1 fully saturated rings. The maximum atomic E-state index is 14.7. The molecule has 4 aromatic rings. The van der Waals surface area contributed by atoms with Crippen LogP contribution in [0.3, 0.4) is 0 Å². The Labute approximate surface area is 234 Å². The molecule has 0 saturated carbocycles. The van der Waals surface area contributed by atoms with Crippen molar-refractivity contribution < 1.29 is 14.4 Å². The van der Waals surface area contributed by atoms with Crippen LogP contribution in [0.15, 0.2) is 114 Å². The predicted molar refractivity (Wildman–Crippen MR) is 155 cm³/mol. The van der Waals surface area contributed by atoms with Crippen molar-refractivity contribution in [3.05, 3.63) is 136 Å². The first-order valence-corrected chi connectivity index (χ1v) is 13.7. The largest absolute Gasteiger partial charge is 0.352 e. The summed E-state index contributed by atoms with van der Waals surface area (Å²) in [4.78, 5) is 45.5. The Morgan fingerprint density at radius 3 is 2.23 bits per heavy atom. The van der Waals surface area contributed by atoms with Crippen LogP contribution in [0.25, 0.3) is 6.08 Å². The summed E-state index contributed by atoms with van der Waals surface area (Å²) in [5, 5.41) is 3.06. The zero-order chi connectivity index (χ0) is 26.7. The Balaban J connectivity index is 1.54. The van der Waals surface area contributed by atoms with Gasteiger partial charge in [0.2, 0.25) is 5.91 Å². The van der Waals surface area contributed by atoms with E-state index in [1.54, 1.807) is 24.3 Å². The van der Waals surface area contributed by atoms with Gasteiger partial charge in [-0.3, -0.25) is 14.4 Å². The van der Waals surface area contributed by atoms with Crippen LogP contribution < -0.4 is 10.2 Å². The third-order valence-electron chi connectivity index (χ3n) is 8.28. The van der Waals surface area contributed by atoms with Crippen LogP contribution in [-0.2, 0) is 10.2 Å². The lowest BCUT2D eigenvalue weighted by molar-refractivity contribution is -0.121. The summed E-state index contributed by atoms with van der Waals surface area (Å²) in [5.41, 5.74) is 2.86. The maximum Gasteiger partial charge on any atom is 0.238 e. The number of fused-ring (bicyclic) bond motifs is 6. The highest BCUT2D eigenvalue weighted by Gasteiger charge is 2.70. The molecular formula is C33H23BrN2O3. The molecule has 1 spiro atoms. The number of carbonyl (C=O) groups is 3. The molecule has 1 N–H and O–H groups in total. The lowest BCUT2D eigenvalue weighted by Gasteiger charge is -2.37. The monoisotopic (exact) mass is 574 g/mol. The molecule has 1 amide bonds. The number of benzene rings is 4. The topological polar surface area (TPSA) is 66.5 Å². The Hall–Kier alpha value is -4.29. The van der Waals surface area contributed by atoms with Crippen molar-refractivity contribution in [1.82, 2.24) is 0 Å². The fraction of sp³-hybridized carbons (Fsp3) is 0.121. The molecule has 0 unspecified atom stereocenters. The molecule has 0 aliphatic carbocycles. The fourth-order valence-electron chi connectivity index (χ4n) is 6.69. The molecular weight excluding hydrogens is 552 g/mol. The van der Waals surface area contributed by atoms with E-state index in [1.807, 2.05) is 95.9 Å². The molecule has 4 aromatic carbocycles. The Morgan fingerprint density at radius 2 is 1.44 bits per heavy atom. The van der Waals surface area contributed by atoms with Gasteiger partial charge in [0, 0.05) is 27.0 Å². The average Bonchev–Trinajstić information content (AvgIpc) is 3.45. The number of amides is 1. The summed E-state index contributed by atoms with van der Waals surface area (Å²) in [6.45, 7) is 0. The zero-order valence-corrected chi connectivity index (χ0v) is 22.3. The molecule has 3 aliphatic heterocycles. The molecule has 190 valence electrons. The maximum absolute atomic E-state index is 14.7. The summed E-state index contributed by atoms with van der Waals surface area (Å²) >= 11 is 3.46. The number of halogens is 1. The predicted octanol–water partition coefficient (Wildman–Crippen LogP) is 6.31. The number of para-hydroxylation sites is 2. The summed E-state index contributed by atoms with van der Waals surface area (Å²) < 4.78 is 0.843. The number of anilines is 2. The second-order valence-electron chi connectivity index (χ2n) is 10.2. The minimum atomic E-state index is -1.31. The lowest BCUT2D eigenvalue weighted by atomic mass is 9.64. The average molecular weight is 575 g/mol. The zero-order valence-electron chi connectivity index (χ0n) is 20.8. The second kappa shape index (κ2) is 8.89. The van der Waals surface area contributed by atoms with Crippen LogP contribution in [-0.4, -0.2) is 29.6 Å². The smallest absolute Gasteiger partial charge is 0.238 e. The minimum absolute atomic E-state index is 0.185. The number of hydrogen-bond donors (Lipinski definition) is 1. The van der Waals surface area contributed by atoms with E-state index in [2.05, 4.69) is 21.2 Å². The lowest BCUT2D eigenvalue weighted by Crippen LogP contribution is -2.51. The van der Waals surface area contributed by atoms with Gasteiger partial charge in [-0.15, -0.1) is 0 Å². The highest BCUT2D eigenvalue weighted by Crippen LogP contribution is 2.58. The van der Waals surface area contributed by atoms with E-state index in [0.717, 1.165) is 21.3 Å². The number of nitrogens with one attached hydrogen (secondary N) is 1. The van der Waals surface area contributed by atoms with Crippen LogP contribution in [0.1, 0.15) is 31.8 Å². The number of rotatable bonds is 4. The second-order valence-corrected chi connectivity index (χ2v) is 11.1. The highest BCUT2D eigenvalue weighted by molar-refractivity contribution is 9.10. The molecule has 0 radical (unpaired) electrons. The van der Waals surface area contributed by atoms with Crippen molar-refractivity contribution >= 4 is 50.9 Å². The van der Waals surface area contributed by atoms with Crippen molar-refractivity contribution in [2.24, 2.45) is 5.92 Å². The molecule has 3 heterocycles. The molecule has 7 rings (SSSR count). The fourth-order valence-corrected chi connectivity index (χ4v) is 6.95. The first-order valence-electron chi connectivity index (χ1n) is 12.9. The first-order chi connectivity index (χ1) is 19.0. The van der Waals surface area contributed by atoms with Crippen molar-refractivity contribution in [2.75, 3.05) is 10.2 Å². The van der Waals surface area contributed by atoms with E-state index >= 15 is 0 Å². The summed E-state index contributed by atoms with van der Waals surface area (Å²) in [5.74, 6) is -1.66. The Kier molecular flexibility index (Phi) is 5.42. The third kappa shape index (κ3) is 3.34. The number of ketones is 2. The molecule has 0 bridgehead atoms. The Morgan fingerprint density at radius 1 is 0.769 bits per heavy atom. The van der Waals surface area contributed by atoms with E-state index < -0.39 is 23.4 Å². The van der Waals surface area contributed by atoms with E-state index in [1.165, 1.54) is 0 Å². The summed E-state index contributed by atoms with van der Waals surface area (Å²) in [7, 11) is 0. The van der Waals surface area contributed by atoms with Gasteiger partial charge < -0.3 is 10.2 Å². The molecule has 0 aromatic heterocycles. The van der Waals surface area contributed by atoms with Gasteiger partial charge in [-0.25, -0.2) is 0 Å². The van der Waals surface area contributed by atoms with Gasteiger partial charge in [-0.05, 0) is 35.4 Å². The van der Waals surface area contributed by atoms with Crippen LogP contribution >= 0.6 is 15.9 Å². The van der Waals surface area contributed by atoms with Gasteiger partial charge >= 0.3 is 0 Å². The van der Waals surface area contributed by atoms with Crippen molar-refractivity contribution in [1.29, 1.82) is 0 Å². The van der Waals surface area contributed by atoms with Crippen LogP contribution in [0.5, 0.6) is 0 Å². The first kappa shape index (κ1) is 23.8. The summed E-state index contributed by atoms with van der Waals surface area (Å²) in [6.07, 6.45) is 3.99. The molecule has 39 heavy (non-hydrogen) atoms. The summed E-state index contributed by atoms with van der Waals surface area (Å²) in [6, 6.07) is 30.1. The number of Topliss-reactive ketones (excluding diaryl/α,β-unsaturated/α-hetero) is 2. The standard InChI is InChI=1S/C33H23BrN2O3/c34-23-17-14-22(15-18-23)30(37)28-29(31(38)21-9-2-1-3-10-21)36-26-13-7-4-8-20(26)16-19-27(36)33(28)24-11-5-6-12-25(24)35-32(33)39/h1-19,27-29H,(H,35,39)/t27-,28+,29-,33-/m0/s1. The van der Waals surface area contributed by atoms with Crippen LogP contribution in [0.4, 0.5) is 11.4 Å². The van der Waals surface area contributed by atoms with Crippen molar-refractivity contribution in [3.63, 3.8) is 0 Å². The normalized spacial score (nSPS) is 24.2. The van der Waals surface area contributed by atoms with E-state index in [4.69, 9.17) is 0 Å². The molecule has 1 saturated heterocycles. The molecule has 4 atom stereocenters. The van der Waals surface area contributed by atoms with Gasteiger partial charge in [0.25, 0.3) is 0 Å². The minimum Gasteiger partial charge on any atom is -0.352 e. The van der Waals surface area contributed by atoms with Gasteiger partial charge in [0.05, 0.1) is 12.0 Å². The number of nitrogens with zero attached hydrogens (tertiary/aromatic N) is 1. The van der Waals surface area contributed by atoms with E-state index in [9.17, 15) is 14.4 Å². The molecule has 6 heteroatoms. The SMILES string of the molecule is O=C(c1ccccc1)[C@@H]1[C@H](C(=O)c2ccc(Br)cc2)[C@@]2(C(=O)Nc3ccccc32)[C@@H]2C=Cc3ccccc3N12. The molecule has 3 aliphatic rings. The van der Waals surface area contributed by atoms with Gasteiger partial charge in [-0.1, -0.05) is 107 Å². The van der Waals surface area contributed by atoms with E-state index in [-0.39, 0.29) is 17.5 Å². The van der Waals surface area contributed by atoms with Gasteiger partial charge in [-0.2, -0.15) is 0 Å². The van der Waals surface area contributed by atoms with Crippen LogP contribution in [0.2, 0.25) is 0 Å². The van der Waals surface area contributed by atoms with Crippen molar-refractivity contribution in [3.8, 4) is 0 Å². The van der Waals surface area contributed by atoms with Gasteiger partial charge in [0.1, 0.15) is 11.5 Å². The van der Waals surface area contributed by atoms with Crippen molar-refractivity contribution in [2.45, 2.75) is 17.5 Å². The Bertz CT molecular complexity index is 1680. The van der Waals surface area contributed by atoms with Crippen LogP contribution in [0, 0.1) is 5.92 Å². The quantitative estimate of drug-likeness (QED) is 0.290. The van der Waals surface area contributed by atoms with Gasteiger partial charge in [0.15, 0.2) is 11.6 Å². The van der Waals surface area contributed by atoms with E-state index in [0.29, 0.717) is 16.8 Å². The number of carbonyl (C=O) groups excluding carboxylic acids is 3. The third-order valence-corrected chi connectivity index (χ3v) is 8.81. The number of hydrogen-bond acceptors (Lipinski definition) is 4. The highest BCUT2D eigenvalue weighted by atomic mass is 79.9.